The maximum absolute atomic E-state index is 13.1. The standard InChI is InChI=1S/C23H18N2O5S2/c1-29-16-7-4-6-15(14-16)25(22(28)19-10-5-13-32-19)23(31)30-12-11-24-20(26)17-8-2-3-9-18(17)21(24)27/h2-10,13-14H,11-12H2,1H3. The van der Waals surface area contributed by atoms with Crippen LogP contribution in [0.25, 0.3) is 0 Å². The molecule has 9 heteroatoms. The van der Waals surface area contributed by atoms with E-state index in [2.05, 4.69) is 0 Å². The molecule has 1 aliphatic rings. The Hall–Kier alpha value is -3.56. The smallest absolute Gasteiger partial charge is 0.275 e. The van der Waals surface area contributed by atoms with E-state index in [1.807, 2.05) is 0 Å². The van der Waals surface area contributed by atoms with Gasteiger partial charge in [0.1, 0.15) is 12.4 Å². The van der Waals surface area contributed by atoms with Crippen LogP contribution in [0.5, 0.6) is 5.75 Å². The van der Waals surface area contributed by atoms with Crippen LogP contribution in [0.15, 0.2) is 66.0 Å². The Kier molecular flexibility index (Phi) is 6.29. The average Bonchev–Trinajstić information content (AvgIpc) is 3.43. The van der Waals surface area contributed by atoms with Gasteiger partial charge in [-0.3, -0.25) is 19.3 Å². The number of benzene rings is 2. The van der Waals surface area contributed by atoms with Crippen LogP contribution in [0.3, 0.4) is 0 Å². The molecule has 32 heavy (non-hydrogen) atoms. The number of methoxy groups -OCH3 is 1. The molecule has 2 aromatic carbocycles. The maximum atomic E-state index is 13.1. The normalized spacial score (nSPS) is 12.5. The van der Waals surface area contributed by atoms with E-state index in [4.69, 9.17) is 21.7 Å². The third-order valence-corrected chi connectivity index (χ3v) is 6.01. The van der Waals surface area contributed by atoms with E-state index in [1.165, 1.54) is 23.3 Å². The minimum Gasteiger partial charge on any atom is -0.497 e. The molecule has 3 aromatic rings. The summed E-state index contributed by atoms with van der Waals surface area (Å²) in [5.41, 5.74) is 1.21. The van der Waals surface area contributed by atoms with E-state index in [9.17, 15) is 14.4 Å². The summed E-state index contributed by atoms with van der Waals surface area (Å²) in [4.78, 5) is 41.0. The van der Waals surface area contributed by atoms with Crippen LogP contribution < -0.4 is 9.64 Å². The molecule has 0 saturated carbocycles. The number of hydrogen-bond donors (Lipinski definition) is 0. The van der Waals surface area contributed by atoms with Crippen molar-refractivity contribution in [3.63, 3.8) is 0 Å². The molecule has 0 saturated heterocycles. The fraction of sp³-hybridized carbons (Fsp3) is 0.130. The van der Waals surface area contributed by atoms with Gasteiger partial charge >= 0.3 is 0 Å². The summed E-state index contributed by atoms with van der Waals surface area (Å²) in [5.74, 6) is -0.543. The van der Waals surface area contributed by atoms with Crippen LogP contribution >= 0.6 is 23.6 Å². The van der Waals surface area contributed by atoms with Crippen molar-refractivity contribution in [2.45, 2.75) is 0 Å². The van der Waals surface area contributed by atoms with Gasteiger partial charge in [-0.1, -0.05) is 24.3 Å². The molecule has 2 heterocycles. The molecule has 1 aliphatic heterocycles. The van der Waals surface area contributed by atoms with Crippen molar-refractivity contribution in [2.24, 2.45) is 0 Å². The topological polar surface area (TPSA) is 76.2 Å². The first kappa shape index (κ1) is 21.7. The van der Waals surface area contributed by atoms with Crippen LogP contribution in [-0.2, 0) is 4.74 Å². The van der Waals surface area contributed by atoms with Crippen molar-refractivity contribution in [1.82, 2.24) is 4.90 Å². The minimum absolute atomic E-state index is 0.00559. The Morgan fingerprint density at radius 2 is 1.75 bits per heavy atom. The predicted octanol–water partition coefficient (Wildman–Crippen LogP) is 4.00. The van der Waals surface area contributed by atoms with Gasteiger partial charge in [-0.05, 0) is 47.9 Å². The molecule has 0 fully saturated rings. The molecule has 0 unspecified atom stereocenters. The lowest BCUT2D eigenvalue weighted by molar-refractivity contribution is 0.0627. The number of thiophene rings is 1. The minimum atomic E-state index is -0.376. The highest BCUT2D eigenvalue weighted by Crippen LogP contribution is 2.26. The SMILES string of the molecule is COc1cccc(N(C(=O)c2cccs2)C(=S)OCCN2C(=O)c3ccccc3C2=O)c1. The fourth-order valence-corrected chi connectivity index (χ4v) is 4.22. The van der Waals surface area contributed by atoms with Gasteiger partial charge in [0.15, 0.2) is 0 Å². The molecule has 3 amide bonds. The fourth-order valence-electron chi connectivity index (χ4n) is 3.30. The number of imide groups is 1. The second-order valence-electron chi connectivity index (χ2n) is 6.74. The molecule has 4 rings (SSSR count). The molecule has 0 aliphatic carbocycles. The van der Waals surface area contributed by atoms with Crippen molar-refractivity contribution in [2.75, 3.05) is 25.2 Å². The zero-order valence-electron chi connectivity index (χ0n) is 17.0. The van der Waals surface area contributed by atoms with Crippen molar-refractivity contribution in [1.29, 1.82) is 0 Å². The summed E-state index contributed by atoms with van der Waals surface area (Å²) in [6.45, 7) is -0.0475. The van der Waals surface area contributed by atoms with E-state index in [-0.39, 0.29) is 36.0 Å². The number of fused-ring (bicyclic) bond motifs is 1. The van der Waals surface area contributed by atoms with Crippen molar-refractivity contribution >= 4 is 52.1 Å². The number of hydrogen-bond acceptors (Lipinski definition) is 7. The summed E-state index contributed by atoms with van der Waals surface area (Å²) < 4.78 is 10.9. The quantitative estimate of drug-likeness (QED) is 0.404. The van der Waals surface area contributed by atoms with Gasteiger partial charge < -0.3 is 9.47 Å². The third kappa shape index (κ3) is 4.12. The highest BCUT2D eigenvalue weighted by Gasteiger charge is 2.35. The largest absolute Gasteiger partial charge is 0.497 e. The Bertz CT molecular complexity index is 1160. The second kappa shape index (κ2) is 9.29. The first-order chi connectivity index (χ1) is 15.5. The van der Waals surface area contributed by atoms with Crippen molar-refractivity contribution in [3.8, 4) is 5.75 Å². The van der Waals surface area contributed by atoms with Gasteiger partial charge in [-0.2, -0.15) is 0 Å². The van der Waals surface area contributed by atoms with Gasteiger partial charge in [0, 0.05) is 6.07 Å². The molecule has 0 atom stereocenters. The van der Waals surface area contributed by atoms with Crippen molar-refractivity contribution in [3.05, 3.63) is 82.0 Å². The zero-order valence-corrected chi connectivity index (χ0v) is 18.7. The van der Waals surface area contributed by atoms with Crippen LogP contribution in [0, 0.1) is 0 Å². The van der Waals surface area contributed by atoms with Gasteiger partial charge in [-0.25, -0.2) is 4.90 Å². The number of thiocarbonyl (C=S) groups is 1. The Morgan fingerprint density at radius 1 is 1.03 bits per heavy atom. The summed E-state index contributed by atoms with van der Waals surface area (Å²) in [7, 11) is 1.53. The molecule has 1 aromatic heterocycles. The Balaban J connectivity index is 1.49. The lowest BCUT2D eigenvalue weighted by Crippen LogP contribution is -2.39. The molecule has 0 bridgehead atoms. The summed E-state index contributed by atoms with van der Waals surface area (Å²) >= 11 is 6.70. The molecule has 162 valence electrons. The number of amides is 3. The molecule has 7 nitrogen and oxygen atoms in total. The van der Waals surface area contributed by atoms with E-state index in [1.54, 1.807) is 66.0 Å². The van der Waals surface area contributed by atoms with Gasteiger partial charge in [0.25, 0.3) is 22.9 Å². The zero-order chi connectivity index (χ0) is 22.7. The molecule has 0 N–H and O–H groups in total. The number of anilines is 1. The van der Waals surface area contributed by atoms with Crippen molar-refractivity contribution < 1.29 is 23.9 Å². The molecule has 0 radical (unpaired) electrons. The summed E-state index contributed by atoms with van der Waals surface area (Å²) in [6, 6.07) is 17.0. The van der Waals surface area contributed by atoms with E-state index in [0.29, 0.717) is 27.4 Å². The number of carbonyl (C=O) groups excluding carboxylic acids is 3. The number of ether oxygens (including phenoxy) is 2. The average molecular weight is 467 g/mol. The first-order valence-electron chi connectivity index (χ1n) is 9.65. The number of nitrogens with zero attached hydrogens (tertiary/aromatic N) is 2. The predicted molar refractivity (Wildman–Crippen MR) is 124 cm³/mol. The van der Waals surface area contributed by atoms with Crippen LogP contribution in [0.4, 0.5) is 5.69 Å². The lowest BCUT2D eigenvalue weighted by atomic mass is 10.1. The Labute approximate surface area is 193 Å². The van der Waals surface area contributed by atoms with Crippen LogP contribution in [0.2, 0.25) is 0 Å². The van der Waals surface area contributed by atoms with Crippen LogP contribution in [0.1, 0.15) is 30.4 Å². The summed E-state index contributed by atoms with van der Waals surface area (Å²) in [5, 5.41) is 1.71. The third-order valence-electron chi connectivity index (χ3n) is 4.85. The first-order valence-corrected chi connectivity index (χ1v) is 10.9. The molecular weight excluding hydrogens is 448 g/mol. The summed E-state index contributed by atoms with van der Waals surface area (Å²) in [6.07, 6.45) is 0. The van der Waals surface area contributed by atoms with E-state index in [0.717, 1.165) is 4.90 Å². The Morgan fingerprint density at radius 3 is 2.38 bits per heavy atom. The van der Waals surface area contributed by atoms with Gasteiger partial charge in [0.2, 0.25) is 0 Å². The monoisotopic (exact) mass is 466 g/mol. The molecule has 0 spiro atoms. The van der Waals surface area contributed by atoms with Crippen LogP contribution in [-0.4, -0.2) is 48.1 Å². The van der Waals surface area contributed by atoms with Gasteiger partial charge in [0.05, 0.1) is 35.3 Å². The maximum Gasteiger partial charge on any atom is 0.275 e. The second-order valence-corrected chi connectivity index (χ2v) is 8.04. The number of rotatable bonds is 6. The lowest BCUT2D eigenvalue weighted by Gasteiger charge is -2.24. The van der Waals surface area contributed by atoms with Gasteiger partial charge in [-0.15, -0.1) is 11.3 Å². The van der Waals surface area contributed by atoms with E-state index < -0.39 is 0 Å². The molecular formula is C23H18N2O5S2. The number of carbonyl (C=O) groups is 3. The van der Waals surface area contributed by atoms with E-state index >= 15 is 0 Å². The highest BCUT2D eigenvalue weighted by molar-refractivity contribution is 7.80. The highest BCUT2D eigenvalue weighted by atomic mass is 32.1.